The van der Waals surface area contributed by atoms with Crippen molar-refractivity contribution in [2.75, 3.05) is 6.54 Å². The van der Waals surface area contributed by atoms with Gasteiger partial charge in [-0.15, -0.1) is 0 Å². The summed E-state index contributed by atoms with van der Waals surface area (Å²) < 4.78 is 48.8. The van der Waals surface area contributed by atoms with Gasteiger partial charge in [0.05, 0.1) is 9.79 Å². The topological polar surface area (TPSA) is 132 Å². The van der Waals surface area contributed by atoms with Gasteiger partial charge in [-0.2, -0.15) is 0 Å². The molecule has 0 radical (unpaired) electrons. The third kappa shape index (κ3) is 4.53. The molecule has 0 amide bonds. The van der Waals surface area contributed by atoms with Crippen LogP contribution in [-0.4, -0.2) is 29.4 Å². The van der Waals surface area contributed by atoms with Crippen molar-refractivity contribution in [3.63, 3.8) is 0 Å². The van der Waals surface area contributed by atoms with Crippen LogP contribution >= 0.6 is 0 Å². The van der Waals surface area contributed by atoms with Gasteiger partial charge in [-0.1, -0.05) is 19.9 Å². The Morgan fingerprint density at radius 3 is 2.20 bits per heavy atom. The Morgan fingerprint density at radius 2 is 1.70 bits per heavy atom. The molecule has 0 aliphatic rings. The molecular weight excluding hydrogens is 302 g/mol. The highest BCUT2D eigenvalue weighted by molar-refractivity contribution is 7.90. The molecule has 0 spiro atoms. The van der Waals surface area contributed by atoms with Gasteiger partial charge < -0.3 is 5.73 Å². The Kier molecular flexibility index (Phi) is 5.27. The summed E-state index contributed by atoms with van der Waals surface area (Å²) in [5.74, 6) is 0.119. The second-order valence-electron chi connectivity index (χ2n) is 4.78. The molecule has 0 aliphatic heterocycles. The number of nitrogens with two attached hydrogens (primary N) is 2. The second kappa shape index (κ2) is 6.19. The van der Waals surface area contributed by atoms with Gasteiger partial charge >= 0.3 is 0 Å². The highest BCUT2D eigenvalue weighted by atomic mass is 32.2. The molecule has 1 unspecified atom stereocenters. The fourth-order valence-electron chi connectivity index (χ4n) is 1.34. The standard InChI is InChI=1S/C11H19N3O4S2/c1-8(2)11(12)7-14-20(17,18)10-5-3-4-9(6-10)19(13,15)16/h3-6,8,11,14H,7,12H2,1-2H3,(H2,13,15,16). The minimum atomic E-state index is -3.95. The van der Waals surface area contributed by atoms with Gasteiger partial charge in [0.1, 0.15) is 0 Å². The Balaban J connectivity index is 2.99. The molecule has 0 bridgehead atoms. The monoisotopic (exact) mass is 321 g/mol. The average Bonchev–Trinajstić information content (AvgIpc) is 2.35. The van der Waals surface area contributed by atoms with Crippen LogP contribution in [0.2, 0.25) is 0 Å². The third-order valence-electron chi connectivity index (χ3n) is 2.81. The molecule has 1 rings (SSSR count). The van der Waals surface area contributed by atoms with E-state index in [1.165, 1.54) is 18.2 Å². The van der Waals surface area contributed by atoms with Crippen molar-refractivity contribution in [1.82, 2.24) is 4.72 Å². The number of hydrogen-bond donors (Lipinski definition) is 3. The van der Waals surface area contributed by atoms with Crippen LogP contribution in [0.1, 0.15) is 13.8 Å². The molecule has 20 heavy (non-hydrogen) atoms. The lowest BCUT2D eigenvalue weighted by Gasteiger charge is -2.16. The number of sulfonamides is 2. The highest BCUT2D eigenvalue weighted by Crippen LogP contribution is 2.14. The zero-order valence-corrected chi connectivity index (χ0v) is 12.9. The molecule has 1 atom stereocenters. The average molecular weight is 321 g/mol. The first-order valence-electron chi connectivity index (χ1n) is 5.92. The molecule has 0 heterocycles. The predicted molar refractivity (Wildman–Crippen MR) is 75.8 cm³/mol. The molecule has 0 saturated carbocycles. The van der Waals surface area contributed by atoms with E-state index < -0.39 is 20.0 Å². The lowest BCUT2D eigenvalue weighted by molar-refractivity contribution is 0.481. The minimum absolute atomic E-state index is 0.0691. The van der Waals surface area contributed by atoms with Crippen molar-refractivity contribution < 1.29 is 16.8 Å². The molecule has 0 aromatic heterocycles. The number of primary sulfonamides is 1. The van der Waals surface area contributed by atoms with Gasteiger partial charge in [0.2, 0.25) is 20.0 Å². The second-order valence-corrected chi connectivity index (χ2v) is 8.11. The lowest BCUT2D eigenvalue weighted by atomic mass is 10.1. The maximum atomic E-state index is 12.0. The number of hydrogen-bond acceptors (Lipinski definition) is 5. The number of rotatable bonds is 6. The molecule has 1 aromatic carbocycles. The summed E-state index contributed by atoms with van der Waals surface area (Å²) in [7, 11) is -7.77. The maximum absolute atomic E-state index is 12.0. The summed E-state index contributed by atoms with van der Waals surface area (Å²) in [6.45, 7) is 3.82. The predicted octanol–water partition coefficient (Wildman–Crippen LogP) is -0.404. The highest BCUT2D eigenvalue weighted by Gasteiger charge is 2.19. The fraction of sp³-hybridized carbons (Fsp3) is 0.455. The first-order valence-corrected chi connectivity index (χ1v) is 8.95. The molecular formula is C11H19N3O4S2. The van der Waals surface area contributed by atoms with E-state index in [1.807, 2.05) is 13.8 Å². The van der Waals surface area contributed by atoms with Crippen LogP contribution in [0.5, 0.6) is 0 Å². The quantitative estimate of drug-likeness (QED) is 0.655. The van der Waals surface area contributed by atoms with Crippen molar-refractivity contribution in [2.45, 2.75) is 29.7 Å². The fourth-order valence-corrected chi connectivity index (χ4v) is 3.10. The van der Waals surface area contributed by atoms with Crippen LogP contribution in [-0.2, 0) is 20.0 Å². The van der Waals surface area contributed by atoms with E-state index in [4.69, 9.17) is 10.9 Å². The van der Waals surface area contributed by atoms with Crippen molar-refractivity contribution in [3.8, 4) is 0 Å². The summed E-state index contributed by atoms with van der Waals surface area (Å²) in [6.07, 6.45) is 0. The van der Waals surface area contributed by atoms with Crippen molar-refractivity contribution in [3.05, 3.63) is 24.3 Å². The molecule has 7 nitrogen and oxygen atoms in total. The largest absolute Gasteiger partial charge is 0.326 e. The van der Waals surface area contributed by atoms with Gasteiger partial charge in [0, 0.05) is 12.6 Å². The van der Waals surface area contributed by atoms with Crippen molar-refractivity contribution >= 4 is 20.0 Å². The lowest BCUT2D eigenvalue weighted by Crippen LogP contribution is -2.40. The van der Waals surface area contributed by atoms with Gasteiger partial charge in [0.15, 0.2) is 0 Å². The SMILES string of the molecule is CC(C)C(N)CNS(=O)(=O)c1cccc(S(N)(=O)=O)c1. The Labute approximate surface area is 119 Å². The van der Waals surface area contributed by atoms with Crippen LogP contribution in [0.15, 0.2) is 34.1 Å². The molecule has 5 N–H and O–H groups in total. The first kappa shape index (κ1) is 17.1. The van der Waals surface area contributed by atoms with Crippen LogP contribution in [0.4, 0.5) is 0 Å². The van der Waals surface area contributed by atoms with Crippen LogP contribution in [0, 0.1) is 5.92 Å². The minimum Gasteiger partial charge on any atom is -0.326 e. The van der Waals surface area contributed by atoms with E-state index in [2.05, 4.69) is 4.72 Å². The Bertz CT molecular complexity index is 669. The number of nitrogens with one attached hydrogen (secondary N) is 1. The molecule has 1 aromatic rings. The first-order chi connectivity index (χ1) is 9.04. The summed E-state index contributed by atoms with van der Waals surface area (Å²) >= 11 is 0. The van der Waals surface area contributed by atoms with Crippen molar-refractivity contribution in [1.29, 1.82) is 0 Å². The Morgan fingerprint density at radius 1 is 1.15 bits per heavy atom. The smallest absolute Gasteiger partial charge is 0.240 e. The van der Waals surface area contributed by atoms with E-state index in [0.29, 0.717) is 0 Å². The number of benzene rings is 1. The van der Waals surface area contributed by atoms with Gasteiger partial charge in [-0.3, -0.25) is 0 Å². The van der Waals surface area contributed by atoms with Gasteiger partial charge in [-0.25, -0.2) is 26.7 Å². The molecule has 0 fully saturated rings. The third-order valence-corrected chi connectivity index (χ3v) is 5.14. The molecule has 0 saturated heterocycles. The van der Waals surface area contributed by atoms with Crippen LogP contribution < -0.4 is 15.6 Å². The maximum Gasteiger partial charge on any atom is 0.240 e. The van der Waals surface area contributed by atoms with E-state index >= 15 is 0 Å². The van der Waals surface area contributed by atoms with Crippen molar-refractivity contribution in [2.24, 2.45) is 16.8 Å². The zero-order chi connectivity index (χ0) is 15.6. The molecule has 0 aliphatic carbocycles. The molecule has 114 valence electrons. The van der Waals surface area contributed by atoms with Gasteiger partial charge in [-0.05, 0) is 24.1 Å². The van der Waals surface area contributed by atoms with E-state index in [0.717, 1.165) is 6.07 Å². The van der Waals surface area contributed by atoms with Gasteiger partial charge in [0.25, 0.3) is 0 Å². The van der Waals surface area contributed by atoms with Crippen LogP contribution in [0.25, 0.3) is 0 Å². The molecule has 9 heteroatoms. The normalized spacial score (nSPS) is 14.4. The summed E-state index contributed by atoms with van der Waals surface area (Å²) in [5, 5.41) is 4.97. The van der Waals surface area contributed by atoms with E-state index in [1.54, 1.807) is 0 Å². The van der Waals surface area contributed by atoms with E-state index in [9.17, 15) is 16.8 Å². The van der Waals surface area contributed by atoms with Crippen LogP contribution in [0.3, 0.4) is 0 Å². The summed E-state index contributed by atoms with van der Waals surface area (Å²) in [6, 6.07) is 4.52. The Hall–Kier alpha value is -1.00. The summed E-state index contributed by atoms with van der Waals surface area (Å²) in [5.41, 5.74) is 5.76. The summed E-state index contributed by atoms with van der Waals surface area (Å²) in [4.78, 5) is -0.423. The van der Waals surface area contributed by atoms with E-state index in [-0.39, 0.29) is 28.3 Å². The zero-order valence-electron chi connectivity index (χ0n) is 11.3.